The number of rotatable bonds is 1. The zero-order chi connectivity index (χ0) is 7.72. The highest BCUT2D eigenvalue weighted by Gasteiger charge is 2.23. The molecular formula is C8H15N2+. The summed E-state index contributed by atoms with van der Waals surface area (Å²) in [5.41, 5.74) is 2.80. The van der Waals surface area contributed by atoms with Gasteiger partial charge in [0.15, 0.2) is 7.05 Å². The molecule has 1 rings (SSSR count). The summed E-state index contributed by atoms with van der Waals surface area (Å²) in [5.74, 6) is 0.608. The van der Waals surface area contributed by atoms with E-state index in [2.05, 4.69) is 25.9 Å². The average molecular weight is 139 g/mol. The van der Waals surface area contributed by atoms with E-state index in [4.69, 9.17) is 0 Å². The SMILES string of the molecule is CC1=C(C(C)C)[N+](C)=NC1. The first kappa shape index (κ1) is 7.45. The molecule has 0 N–H and O–H groups in total. The van der Waals surface area contributed by atoms with E-state index in [0.29, 0.717) is 5.92 Å². The molecule has 2 heteroatoms. The minimum absolute atomic E-state index is 0.608. The van der Waals surface area contributed by atoms with Gasteiger partial charge in [-0.15, -0.1) is 0 Å². The van der Waals surface area contributed by atoms with Gasteiger partial charge in [-0.2, -0.15) is 0 Å². The largest absolute Gasteiger partial charge is 0.211 e. The van der Waals surface area contributed by atoms with E-state index in [1.54, 1.807) is 0 Å². The molecule has 1 aliphatic rings. The molecule has 10 heavy (non-hydrogen) atoms. The number of nitrogens with zero attached hydrogens (tertiary/aromatic N) is 2. The minimum atomic E-state index is 0.608. The van der Waals surface area contributed by atoms with Gasteiger partial charge < -0.3 is 0 Å². The molecule has 0 bridgehead atoms. The van der Waals surface area contributed by atoms with Crippen molar-refractivity contribution in [2.24, 2.45) is 11.0 Å². The van der Waals surface area contributed by atoms with Crippen molar-refractivity contribution in [2.45, 2.75) is 20.8 Å². The van der Waals surface area contributed by atoms with Gasteiger partial charge in [0, 0.05) is 11.5 Å². The van der Waals surface area contributed by atoms with Crippen LogP contribution in [0, 0.1) is 5.92 Å². The summed E-state index contributed by atoms with van der Waals surface area (Å²) in [5, 5.41) is 4.28. The lowest BCUT2D eigenvalue weighted by atomic mass is 10.1. The Hall–Kier alpha value is -0.660. The molecule has 1 aliphatic heterocycles. The van der Waals surface area contributed by atoms with Crippen LogP contribution in [0.1, 0.15) is 20.8 Å². The van der Waals surface area contributed by atoms with Crippen molar-refractivity contribution in [3.05, 3.63) is 11.3 Å². The Kier molecular flexibility index (Phi) is 1.88. The van der Waals surface area contributed by atoms with Crippen LogP contribution in [0.2, 0.25) is 0 Å². The number of azo groups is 2. The molecule has 0 aromatic carbocycles. The summed E-state index contributed by atoms with van der Waals surface area (Å²) < 4.78 is 2.00. The van der Waals surface area contributed by atoms with Crippen molar-refractivity contribution in [3.63, 3.8) is 0 Å². The van der Waals surface area contributed by atoms with E-state index in [9.17, 15) is 0 Å². The topological polar surface area (TPSA) is 15.4 Å². The predicted octanol–water partition coefficient (Wildman–Crippen LogP) is 2.02. The van der Waals surface area contributed by atoms with Crippen molar-refractivity contribution in [1.29, 1.82) is 0 Å². The van der Waals surface area contributed by atoms with Crippen LogP contribution < -0.4 is 0 Å². The summed E-state index contributed by atoms with van der Waals surface area (Å²) in [7, 11) is 2.02. The van der Waals surface area contributed by atoms with Crippen LogP contribution in [0.15, 0.2) is 16.4 Å². The first-order chi connectivity index (χ1) is 4.63. The smallest absolute Gasteiger partial charge is 0.0953 e. The Morgan fingerprint density at radius 3 is 2.30 bits per heavy atom. The Balaban J connectivity index is 2.90. The molecule has 0 amide bonds. The standard InChI is InChI=1S/C8H15N2/c1-6(2)8-7(3)5-9-10(8)4/h6H,5H2,1-4H3/q+1. The molecule has 0 atom stereocenters. The van der Waals surface area contributed by atoms with Gasteiger partial charge >= 0.3 is 0 Å². The lowest BCUT2D eigenvalue weighted by Crippen LogP contribution is -2.06. The van der Waals surface area contributed by atoms with Crippen LogP contribution in [-0.4, -0.2) is 18.3 Å². The average Bonchev–Trinajstić information content (AvgIpc) is 2.11. The van der Waals surface area contributed by atoms with Gasteiger partial charge in [0.2, 0.25) is 5.70 Å². The zero-order valence-electron chi connectivity index (χ0n) is 7.18. The van der Waals surface area contributed by atoms with Gasteiger partial charge in [-0.25, -0.2) is 0 Å². The second kappa shape index (κ2) is 2.52. The Morgan fingerprint density at radius 2 is 2.10 bits per heavy atom. The highest BCUT2D eigenvalue weighted by molar-refractivity contribution is 5.09. The molecule has 0 spiro atoms. The van der Waals surface area contributed by atoms with E-state index in [1.807, 2.05) is 11.7 Å². The van der Waals surface area contributed by atoms with Crippen LogP contribution in [0.3, 0.4) is 0 Å². The Bertz CT molecular complexity index is 199. The van der Waals surface area contributed by atoms with Crippen molar-refractivity contribution in [3.8, 4) is 0 Å². The van der Waals surface area contributed by atoms with Crippen molar-refractivity contribution >= 4 is 0 Å². The summed E-state index contributed by atoms with van der Waals surface area (Å²) in [6, 6.07) is 0. The maximum atomic E-state index is 4.28. The fraction of sp³-hybridized carbons (Fsp3) is 0.750. The van der Waals surface area contributed by atoms with Crippen molar-refractivity contribution in [2.75, 3.05) is 13.6 Å². The molecule has 0 aliphatic carbocycles. The second-order valence-electron chi connectivity index (χ2n) is 3.14. The van der Waals surface area contributed by atoms with Gasteiger partial charge in [-0.1, -0.05) is 18.5 Å². The molecule has 2 nitrogen and oxygen atoms in total. The summed E-state index contributed by atoms with van der Waals surface area (Å²) in [6.45, 7) is 7.46. The molecule has 56 valence electrons. The van der Waals surface area contributed by atoms with E-state index < -0.39 is 0 Å². The third-order valence-corrected chi connectivity index (χ3v) is 1.85. The minimum Gasteiger partial charge on any atom is -0.0953 e. The normalized spacial score (nSPS) is 18.7. The van der Waals surface area contributed by atoms with Gasteiger partial charge in [0.05, 0.1) is 0 Å². The fourth-order valence-corrected chi connectivity index (χ4v) is 1.51. The molecule has 0 aromatic rings. The zero-order valence-corrected chi connectivity index (χ0v) is 7.18. The van der Waals surface area contributed by atoms with E-state index in [-0.39, 0.29) is 0 Å². The first-order valence-corrected chi connectivity index (χ1v) is 3.73. The van der Waals surface area contributed by atoms with E-state index in [1.165, 1.54) is 11.3 Å². The van der Waals surface area contributed by atoms with Crippen LogP contribution in [0.4, 0.5) is 0 Å². The summed E-state index contributed by atoms with van der Waals surface area (Å²) in [4.78, 5) is 0. The highest BCUT2D eigenvalue weighted by Crippen LogP contribution is 2.20. The first-order valence-electron chi connectivity index (χ1n) is 3.73. The summed E-state index contributed by atoms with van der Waals surface area (Å²) in [6.07, 6.45) is 0. The van der Waals surface area contributed by atoms with E-state index >= 15 is 0 Å². The fourth-order valence-electron chi connectivity index (χ4n) is 1.51. The lowest BCUT2D eigenvalue weighted by Gasteiger charge is -1.99. The Morgan fingerprint density at radius 1 is 1.50 bits per heavy atom. The van der Waals surface area contributed by atoms with Gasteiger partial charge in [-0.05, 0) is 12.0 Å². The number of hydrogen-bond acceptors (Lipinski definition) is 1. The third-order valence-electron chi connectivity index (χ3n) is 1.85. The van der Waals surface area contributed by atoms with Gasteiger partial charge in [-0.3, -0.25) is 0 Å². The molecule has 0 saturated carbocycles. The maximum Gasteiger partial charge on any atom is 0.211 e. The highest BCUT2D eigenvalue weighted by atomic mass is 15.3. The molecular weight excluding hydrogens is 124 g/mol. The van der Waals surface area contributed by atoms with E-state index in [0.717, 1.165) is 6.54 Å². The van der Waals surface area contributed by atoms with Gasteiger partial charge in [0.25, 0.3) is 0 Å². The van der Waals surface area contributed by atoms with Crippen LogP contribution in [-0.2, 0) is 0 Å². The molecule has 0 fully saturated rings. The number of allylic oxidation sites excluding steroid dienone is 1. The molecule has 0 aromatic heterocycles. The molecule has 0 unspecified atom stereocenters. The third kappa shape index (κ3) is 1.11. The van der Waals surface area contributed by atoms with Crippen molar-refractivity contribution in [1.82, 2.24) is 0 Å². The second-order valence-corrected chi connectivity index (χ2v) is 3.14. The lowest BCUT2D eigenvalue weighted by molar-refractivity contribution is -0.517. The van der Waals surface area contributed by atoms with Crippen LogP contribution in [0.25, 0.3) is 0 Å². The van der Waals surface area contributed by atoms with Gasteiger partial charge in [0.1, 0.15) is 6.54 Å². The molecule has 0 saturated heterocycles. The summed E-state index contributed by atoms with van der Waals surface area (Å²) >= 11 is 0. The molecule has 0 radical (unpaired) electrons. The molecule has 1 heterocycles. The Labute approximate surface area is 62.3 Å². The monoisotopic (exact) mass is 139 g/mol. The maximum absolute atomic E-state index is 4.28. The number of hydrogen-bond donors (Lipinski definition) is 0. The quantitative estimate of drug-likeness (QED) is 0.494. The van der Waals surface area contributed by atoms with Crippen molar-refractivity contribution < 1.29 is 4.70 Å². The predicted molar refractivity (Wildman–Crippen MR) is 41.0 cm³/mol. The van der Waals surface area contributed by atoms with Crippen LogP contribution in [0.5, 0.6) is 0 Å². The van der Waals surface area contributed by atoms with Crippen LogP contribution >= 0.6 is 0 Å².